The van der Waals surface area contributed by atoms with Crippen molar-refractivity contribution in [2.24, 2.45) is 5.73 Å². The minimum absolute atomic E-state index is 0.0353. The number of carbonyl (C=O) groups is 3. The molecule has 0 heterocycles. The largest absolute Gasteiger partial charge is 0.481 e. The predicted octanol–water partition coefficient (Wildman–Crippen LogP) is 1.63. The summed E-state index contributed by atoms with van der Waals surface area (Å²) in [7, 11) is 0. The molecular weight excluding hydrogens is 320 g/mol. The Hall–Kier alpha value is -3.15. The van der Waals surface area contributed by atoms with Crippen molar-refractivity contribution in [1.29, 1.82) is 0 Å². The first-order valence-electron chi connectivity index (χ1n) is 7.98. The molecule has 3 rings (SSSR count). The summed E-state index contributed by atoms with van der Waals surface area (Å²) in [6.45, 7) is 0. The molecular formula is C19H18N2O4. The highest BCUT2D eigenvalue weighted by Crippen LogP contribution is 2.44. The van der Waals surface area contributed by atoms with Gasteiger partial charge in [-0.15, -0.1) is 0 Å². The van der Waals surface area contributed by atoms with Crippen LogP contribution in [-0.2, 0) is 14.4 Å². The molecule has 0 spiro atoms. The number of carboxylic acids is 1. The summed E-state index contributed by atoms with van der Waals surface area (Å²) in [5.41, 5.74) is 9.01. The van der Waals surface area contributed by atoms with E-state index in [1.807, 2.05) is 48.5 Å². The maximum absolute atomic E-state index is 12.9. The number of benzene rings is 2. The van der Waals surface area contributed by atoms with Crippen molar-refractivity contribution in [2.75, 3.05) is 0 Å². The molecule has 2 aromatic rings. The molecule has 0 unspecified atom stereocenters. The monoisotopic (exact) mass is 338 g/mol. The lowest BCUT2D eigenvalue weighted by Crippen LogP contribution is -2.46. The van der Waals surface area contributed by atoms with E-state index in [4.69, 9.17) is 10.8 Å². The van der Waals surface area contributed by atoms with E-state index in [1.165, 1.54) is 0 Å². The average Bonchev–Trinajstić information content (AvgIpc) is 2.92. The molecule has 1 atom stereocenters. The van der Waals surface area contributed by atoms with Gasteiger partial charge in [0.05, 0.1) is 5.92 Å². The van der Waals surface area contributed by atoms with Crippen LogP contribution in [0.5, 0.6) is 0 Å². The van der Waals surface area contributed by atoms with Crippen LogP contribution < -0.4 is 11.1 Å². The van der Waals surface area contributed by atoms with E-state index in [0.717, 1.165) is 22.3 Å². The zero-order chi connectivity index (χ0) is 18.0. The molecule has 2 amide bonds. The zero-order valence-electron chi connectivity index (χ0n) is 13.4. The molecule has 4 N–H and O–H groups in total. The van der Waals surface area contributed by atoms with Crippen LogP contribution in [-0.4, -0.2) is 28.9 Å². The van der Waals surface area contributed by atoms with Crippen LogP contribution in [0.25, 0.3) is 11.1 Å². The molecule has 2 aromatic carbocycles. The SMILES string of the molecule is NC(=O)[C@@H](CCC(=O)O)NC(=O)C1c2ccccc2-c2ccccc21. The van der Waals surface area contributed by atoms with Gasteiger partial charge in [0.25, 0.3) is 0 Å². The maximum atomic E-state index is 12.9. The van der Waals surface area contributed by atoms with Crippen molar-refractivity contribution in [3.63, 3.8) is 0 Å². The molecule has 0 radical (unpaired) electrons. The number of hydrogen-bond acceptors (Lipinski definition) is 3. The summed E-state index contributed by atoms with van der Waals surface area (Å²) in [5, 5.41) is 11.4. The number of nitrogens with one attached hydrogen (secondary N) is 1. The molecule has 0 saturated heterocycles. The van der Waals surface area contributed by atoms with Gasteiger partial charge < -0.3 is 16.2 Å². The van der Waals surface area contributed by atoms with Crippen LogP contribution in [0.2, 0.25) is 0 Å². The van der Waals surface area contributed by atoms with E-state index < -0.39 is 23.8 Å². The number of primary amides is 1. The lowest BCUT2D eigenvalue weighted by atomic mass is 9.95. The van der Waals surface area contributed by atoms with Crippen molar-refractivity contribution < 1.29 is 19.5 Å². The molecule has 25 heavy (non-hydrogen) atoms. The van der Waals surface area contributed by atoms with E-state index >= 15 is 0 Å². The predicted molar refractivity (Wildman–Crippen MR) is 91.7 cm³/mol. The molecule has 6 nitrogen and oxygen atoms in total. The minimum Gasteiger partial charge on any atom is -0.481 e. The van der Waals surface area contributed by atoms with Gasteiger partial charge >= 0.3 is 5.97 Å². The summed E-state index contributed by atoms with van der Waals surface area (Å²) in [6, 6.07) is 14.2. The molecule has 0 fully saturated rings. The smallest absolute Gasteiger partial charge is 0.303 e. The third-order valence-electron chi connectivity index (χ3n) is 4.40. The molecule has 1 aliphatic rings. The Morgan fingerprint density at radius 3 is 2.00 bits per heavy atom. The van der Waals surface area contributed by atoms with Gasteiger partial charge in [0.15, 0.2) is 0 Å². The fourth-order valence-electron chi connectivity index (χ4n) is 3.25. The highest BCUT2D eigenvalue weighted by molar-refractivity contribution is 5.98. The van der Waals surface area contributed by atoms with Gasteiger partial charge in [-0.3, -0.25) is 14.4 Å². The van der Waals surface area contributed by atoms with Crippen molar-refractivity contribution in [2.45, 2.75) is 24.8 Å². The van der Waals surface area contributed by atoms with E-state index in [1.54, 1.807) is 0 Å². The van der Waals surface area contributed by atoms with E-state index in [-0.39, 0.29) is 18.7 Å². The number of rotatable bonds is 6. The normalized spacial score (nSPS) is 13.6. The lowest BCUT2D eigenvalue weighted by Gasteiger charge is -2.19. The topological polar surface area (TPSA) is 109 Å². The first kappa shape index (κ1) is 16.7. The fraction of sp³-hybridized carbons (Fsp3) is 0.211. The molecule has 6 heteroatoms. The van der Waals surface area contributed by atoms with Gasteiger partial charge in [-0.05, 0) is 28.7 Å². The Kier molecular flexibility index (Phi) is 4.52. The second kappa shape index (κ2) is 6.76. The van der Waals surface area contributed by atoms with Crippen molar-refractivity contribution in [3.8, 4) is 11.1 Å². The molecule has 0 saturated carbocycles. The second-order valence-corrected chi connectivity index (χ2v) is 6.00. The number of amides is 2. The summed E-state index contributed by atoms with van der Waals surface area (Å²) < 4.78 is 0. The van der Waals surface area contributed by atoms with Crippen LogP contribution in [0.4, 0.5) is 0 Å². The first-order valence-corrected chi connectivity index (χ1v) is 7.98. The summed E-state index contributed by atoms with van der Waals surface area (Å²) in [6.07, 6.45) is -0.280. The highest BCUT2D eigenvalue weighted by Gasteiger charge is 2.34. The van der Waals surface area contributed by atoms with Crippen molar-refractivity contribution in [3.05, 3.63) is 59.7 Å². The zero-order valence-corrected chi connectivity index (χ0v) is 13.4. The summed E-state index contributed by atoms with van der Waals surface area (Å²) in [5.74, 6) is -2.68. The quantitative estimate of drug-likeness (QED) is 0.743. The fourth-order valence-corrected chi connectivity index (χ4v) is 3.25. The molecule has 0 aromatic heterocycles. The minimum atomic E-state index is -1.04. The average molecular weight is 338 g/mol. The summed E-state index contributed by atoms with van der Waals surface area (Å²) >= 11 is 0. The Balaban J connectivity index is 1.89. The number of fused-ring (bicyclic) bond motifs is 3. The number of carbonyl (C=O) groups excluding carboxylic acids is 2. The standard InChI is InChI=1S/C19H18N2O4/c20-18(24)15(9-10-16(22)23)21-19(25)17-13-7-3-1-5-11(13)12-6-2-4-8-14(12)17/h1-8,15,17H,9-10H2,(H2,20,24)(H,21,25)(H,22,23)/t15-/m1/s1. The van der Waals surface area contributed by atoms with Gasteiger partial charge in [-0.2, -0.15) is 0 Å². The Bertz CT molecular complexity index is 801. The van der Waals surface area contributed by atoms with Crippen LogP contribution in [0.1, 0.15) is 29.9 Å². The van der Waals surface area contributed by atoms with Crippen LogP contribution in [0, 0.1) is 0 Å². The summed E-state index contributed by atoms with van der Waals surface area (Å²) in [4.78, 5) is 35.2. The van der Waals surface area contributed by atoms with Gasteiger partial charge in [0, 0.05) is 6.42 Å². The first-order chi connectivity index (χ1) is 12.0. The third-order valence-corrected chi connectivity index (χ3v) is 4.40. The highest BCUT2D eigenvalue weighted by atomic mass is 16.4. The number of hydrogen-bond donors (Lipinski definition) is 3. The Labute approximate surface area is 144 Å². The second-order valence-electron chi connectivity index (χ2n) is 6.00. The maximum Gasteiger partial charge on any atom is 0.303 e. The van der Waals surface area contributed by atoms with Gasteiger partial charge in [-0.1, -0.05) is 48.5 Å². The Morgan fingerprint density at radius 2 is 1.52 bits per heavy atom. The van der Waals surface area contributed by atoms with E-state index in [0.29, 0.717) is 0 Å². The molecule has 0 aliphatic heterocycles. The van der Waals surface area contributed by atoms with Crippen LogP contribution in [0.15, 0.2) is 48.5 Å². The van der Waals surface area contributed by atoms with E-state index in [2.05, 4.69) is 5.32 Å². The van der Waals surface area contributed by atoms with Gasteiger partial charge in [0.1, 0.15) is 6.04 Å². The number of carboxylic acid groups (broad SMARTS) is 1. The van der Waals surface area contributed by atoms with Gasteiger partial charge in [0.2, 0.25) is 11.8 Å². The third kappa shape index (κ3) is 3.24. The van der Waals surface area contributed by atoms with Crippen LogP contribution in [0.3, 0.4) is 0 Å². The molecule has 1 aliphatic carbocycles. The molecule has 0 bridgehead atoms. The van der Waals surface area contributed by atoms with Crippen molar-refractivity contribution in [1.82, 2.24) is 5.32 Å². The number of nitrogens with two attached hydrogens (primary N) is 1. The van der Waals surface area contributed by atoms with E-state index in [9.17, 15) is 14.4 Å². The van der Waals surface area contributed by atoms with Crippen molar-refractivity contribution >= 4 is 17.8 Å². The van der Waals surface area contributed by atoms with Crippen LogP contribution >= 0.6 is 0 Å². The Morgan fingerprint density at radius 1 is 1.00 bits per heavy atom. The lowest BCUT2D eigenvalue weighted by molar-refractivity contribution is -0.137. The number of aliphatic carboxylic acids is 1. The van der Waals surface area contributed by atoms with Gasteiger partial charge in [-0.25, -0.2) is 0 Å². The molecule has 128 valence electrons.